The molecule has 2 heterocycles. The molecule has 1 N–H and O–H groups in total. The van der Waals surface area contributed by atoms with Crippen LogP contribution in [-0.4, -0.2) is 41.1 Å². The number of ketones is 2. The summed E-state index contributed by atoms with van der Waals surface area (Å²) >= 11 is 0. The predicted octanol–water partition coefficient (Wildman–Crippen LogP) is 3.31. The van der Waals surface area contributed by atoms with E-state index in [2.05, 4.69) is 41.3 Å². The summed E-state index contributed by atoms with van der Waals surface area (Å²) in [5.41, 5.74) is 4.08. The van der Waals surface area contributed by atoms with Gasteiger partial charge in [0.25, 0.3) is 0 Å². The first-order valence-corrected chi connectivity index (χ1v) is 9.25. The number of hydrogen-bond donors (Lipinski definition) is 1. The minimum atomic E-state index is -0.433. The predicted molar refractivity (Wildman–Crippen MR) is 98.7 cm³/mol. The molecule has 0 unspecified atom stereocenters. The monoisotopic (exact) mass is 338 g/mol. The molecule has 0 bridgehead atoms. The molecule has 3 atom stereocenters. The van der Waals surface area contributed by atoms with Gasteiger partial charge in [-0.05, 0) is 63.3 Å². The van der Waals surface area contributed by atoms with Gasteiger partial charge in [-0.1, -0.05) is 12.1 Å². The summed E-state index contributed by atoms with van der Waals surface area (Å²) < 4.78 is 0. The van der Waals surface area contributed by atoms with Crippen LogP contribution in [0.1, 0.15) is 43.7 Å². The summed E-state index contributed by atoms with van der Waals surface area (Å²) in [4.78, 5) is 29.6. The number of rotatable bonds is 4. The zero-order valence-corrected chi connectivity index (χ0v) is 15.2. The van der Waals surface area contributed by atoms with Crippen molar-refractivity contribution in [2.24, 2.45) is 11.8 Å². The molecule has 2 aromatic rings. The standard InChI is InChI=1S/C21H26N2O2/c1-12(24)17(13(2)25)7-14-8-18-16-5-4-6-19-21(16)15(10-22-19)9-20(18)23(3)11-14/h4-6,10,14,17-18,20,22H,7-9,11H2,1-3H3/t14-,18-,20-/m1/s1. The molecular formula is C21H26N2O2. The Morgan fingerprint density at radius 1 is 1.28 bits per heavy atom. The average Bonchev–Trinajstić information content (AvgIpc) is 2.98. The fourth-order valence-electron chi connectivity index (χ4n) is 5.18. The second-order valence-corrected chi connectivity index (χ2v) is 8.01. The molecule has 0 saturated carbocycles. The summed E-state index contributed by atoms with van der Waals surface area (Å²) in [7, 11) is 2.19. The fraction of sp³-hybridized carbons (Fsp3) is 0.524. The van der Waals surface area contributed by atoms with Crippen molar-refractivity contribution in [2.75, 3.05) is 13.6 Å². The summed E-state index contributed by atoms with van der Waals surface area (Å²) in [5.74, 6) is 0.458. The molecule has 1 aromatic heterocycles. The van der Waals surface area contributed by atoms with Gasteiger partial charge in [-0.2, -0.15) is 0 Å². The van der Waals surface area contributed by atoms with Gasteiger partial charge < -0.3 is 9.88 Å². The largest absolute Gasteiger partial charge is 0.361 e. The summed E-state index contributed by atoms with van der Waals surface area (Å²) in [6, 6.07) is 7.06. The number of aromatic nitrogens is 1. The van der Waals surface area contributed by atoms with E-state index in [1.165, 1.54) is 22.0 Å². The number of nitrogens with one attached hydrogen (secondary N) is 1. The minimum absolute atomic E-state index is 0.0101. The van der Waals surface area contributed by atoms with Crippen molar-refractivity contribution in [3.05, 3.63) is 35.5 Å². The van der Waals surface area contributed by atoms with Crippen LogP contribution in [0.25, 0.3) is 10.9 Å². The SMILES string of the molecule is CC(=O)C(C[C@@H]1C[C@@H]2c3cccc4[nH]cc(c34)C[C@H]2N(C)C1)C(C)=O. The number of piperidine rings is 1. The first-order valence-electron chi connectivity index (χ1n) is 9.25. The van der Waals surface area contributed by atoms with E-state index in [-0.39, 0.29) is 11.6 Å². The Kier molecular flexibility index (Phi) is 4.03. The number of carbonyl (C=O) groups excluding carboxylic acids is 2. The van der Waals surface area contributed by atoms with Gasteiger partial charge in [0.15, 0.2) is 0 Å². The third-order valence-electron chi connectivity index (χ3n) is 6.36. The number of likely N-dealkylation sites (tertiary alicyclic amines) is 1. The van der Waals surface area contributed by atoms with E-state index in [4.69, 9.17) is 0 Å². The number of benzene rings is 1. The number of likely N-dealkylation sites (N-methyl/N-ethyl adjacent to an activating group) is 1. The molecular weight excluding hydrogens is 312 g/mol. The Morgan fingerprint density at radius 3 is 2.76 bits per heavy atom. The Morgan fingerprint density at radius 2 is 2.04 bits per heavy atom. The van der Waals surface area contributed by atoms with Crippen LogP contribution in [0, 0.1) is 11.8 Å². The fourth-order valence-corrected chi connectivity index (χ4v) is 5.18. The summed E-state index contributed by atoms with van der Waals surface area (Å²) in [5, 5.41) is 1.40. The first-order chi connectivity index (χ1) is 12.0. The van der Waals surface area contributed by atoms with Gasteiger partial charge in [-0.3, -0.25) is 9.59 Å². The van der Waals surface area contributed by atoms with Gasteiger partial charge in [0.05, 0.1) is 5.92 Å². The third-order valence-corrected chi connectivity index (χ3v) is 6.36. The van der Waals surface area contributed by atoms with E-state index in [0.29, 0.717) is 24.3 Å². The van der Waals surface area contributed by atoms with Crippen LogP contribution in [0.3, 0.4) is 0 Å². The van der Waals surface area contributed by atoms with Gasteiger partial charge in [-0.25, -0.2) is 0 Å². The topological polar surface area (TPSA) is 53.2 Å². The van der Waals surface area contributed by atoms with E-state index < -0.39 is 5.92 Å². The van der Waals surface area contributed by atoms with E-state index in [1.807, 2.05) is 0 Å². The molecule has 4 heteroatoms. The van der Waals surface area contributed by atoms with Crippen molar-refractivity contribution in [3.8, 4) is 0 Å². The molecule has 2 aliphatic rings. The highest BCUT2D eigenvalue weighted by molar-refractivity contribution is 6.00. The van der Waals surface area contributed by atoms with Gasteiger partial charge >= 0.3 is 0 Å². The van der Waals surface area contributed by atoms with Crippen molar-refractivity contribution >= 4 is 22.5 Å². The van der Waals surface area contributed by atoms with Gasteiger partial charge in [0.1, 0.15) is 11.6 Å². The molecule has 132 valence electrons. The third kappa shape index (κ3) is 2.73. The van der Waals surface area contributed by atoms with Crippen molar-refractivity contribution in [2.45, 2.75) is 45.1 Å². The molecule has 1 aromatic carbocycles. The number of fused-ring (bicyclic) bond motifs is 2. The lowest BCUT2D eigenvalue weighted by Crippen LogP contribution is -2.48. The highest BCUT2D eigenvalue weighted by Crippen LogP contribution is 2.45. The van der Waals surface area contributed by atoms with Gasteiger partial charge in [-0.15, -0.1) is 0 Å². The van der Waals surface area contributed by atoms with E-state index in [9.17, 15) is 9.59 Å². The van der Waals surface area contributed by atoms with E-state index in [1.54, 1.807) is 13.8 Å². The zero-order valence-electron chi connectivity index (χ0n) is 15.2. The quantitative estimate of drug-likeness (QED) is 0.870. The van der Waals surface area contributed by atoms with Crippen molar-refractivity contribution < 1.29 is 9.59 Å². The van der Waals surface area contributed by atoms with Crippen LogP contribution >= 0.6 is 0 Å². The Hall–Kier alpha value is -1.94. The maximum atomic E-state index is 11.9. The number of Topliss-reactive ketones (excluding diaryl/α,β-unsaturated/α-hetero) is 2. The molecule has 1 fully saturated rings. The van der Waals surface area contributed by atoms with Gasteiger partial charge in [0.2, 0.25) is 0 Å². The molecule has 1 saturated heterocycles. The molecule has 0 spiro atoms. The summed E-state index contributed by atoms with van der Waals surface area (Å²) in [6.45, 7) is 4.07. The lowest BCUT2D eigenvalue weighted by Gasteiger charge is -2.46. The number of nitrogens with zero attached hydrogens (tertiary/aromatic N) is 1. The molecule has 0 radical (unpaired) electrons. The molecule has 1 aliphatic heterocycles. The number of aromatic amines is 1. The van der Waals surface area contributed by atoms with Crippen molar-refractivity contribution in [1.82, 2.24) is 9.88 Å². The molecule has 1 aliphatic carbocycles. The van der Waals surface area contributed by atoms with Crippen molar-refractivity contribution in [3.63, 3.8) is 0 Å². The highest BCUT2D eigenvalue weighted by Gasteiger charge is 2.40. The van der Waals surface area contributed by atoms with E-state index >= 15 is 0 Å². The van der Waals surface area contributed by atoms with Gasteiger partial charge in [0, 0.05) is 35.6 Å². The van der Waals surface area contributed by atoms with Crippen LogP contribution in [0.5, 0.6) is 0 Å². The normalized spacial score (nSPS) is 26.0. The second kappa shape index (κ2) is 6.10. The highest BCUT2D eigenvalue weighted by atomic mass is 16.1. The molecule has 4 nitrogen and oxygen atoms in total. The molecule has 4 rings (SSSR count). The van der Waals surface area contributed by atoms with E-state index in [0.717, 1.165) is 19.4 Å². The van der Waals surface area contributed by atoms with Crippen LogP contribution in [-0.2, 0) is 16.0 Å². The second-order valence-electron chi connectivity index (χ2n) is 8.01. The average molecular weight is 338 g/mol. The smallest absolute Gasteiger partial charge is 0.140 e. The Labute approximate surface area is 148 Å². The lowest BCUT2D eigenvalue weighted by molar-refractivity contribution is -0.131. The Balaban J connectivity index is 1.65. The van der Waals surface area contributed by atoms with Crippen LogP contribution in [0.2, 0.25) is 0 Å². The minimum Gasteiger partial charge on any atom is -0.361 e. The summed E-state index contributed by atoms with van der Waals surface area (Å²) in [6.07, 6.45) is 4.99. The maximum absolute atomic E-state index is 11.9. The molecule has 25 heavy (non-hydrogen) atoms. The zero-order chi connectivity index (χ0) is 17.7. The molecule has 0 amide bonds. The lowest BCUT2D eigenvalue weighted by atomic mass is 9.70. The number of H-pyrrole nitrogens is 1. The Bertz CT molecular complexity index is 824. The maximum Gasteiger partial charge on any atom is 0.140 e. The number of hydrogen-bond acceptors (Lipinski definition) is 3. The van der Waals surface area contributed by atoms with Crippen LogP contribution in [0.15, 0.2) is 24.4 Å². The first kappa shape index (κ1) is 16.5. The number of carbonyl (C=O) groups is 2. The van der Waals surface area contributed by atoms with Crippen LogP contribution in [0.4, 0.5) is 0 Å². The van der Waals surface area contributed by atoms with Crippen molar-refractivity contribution in [1.29, 1.82) is 0 Å². The van der Waals surface area contributed by atoms with Crippen LogP contribution < -0.4 is 0 Å².